The molecule has 0 unspecified atom stereocenters. The van der Waals surface area contributed by atoms with Crippen molar-refractivity contribution in [3.8, 4) is 0 Å². The largest absolute Gasteiger partial charge is 0.326 e. The summed E-state index contributed by atoms with van der Waals surface area (Å²) >= 11 is 0. The molecule has 3 rings (SSSR count). The van der Waals surface area contributed by atoms with Crippen LogP contribution in [0, 0.1) is 0 Å². The smallest absolute Gasteiger partial charge is 0.212 e. The van der Waals surface area contributed by atoms with Gasteiger partial charge in [-0.25, -0.2) is 4.98 Å². The van der Waals surface area contributed by atoms with Crippen molar-refractivity contribution in [2.75, 3.05) is 7.05 Å². The second-order valence-corrected chi connectivity index (χ2v) is 4.98. The number of hydrogen-bond acceptors (Lipinski definition) is 2. The van der Waals surface area contributed by atoms with Gasteiger partial charge in [0.1, 0.15) is 0 Å². The highest BCUT2D eigenvalue weighted by atomic mass is 15.1. The Balaban J connectivity index is 2.25. The van der Waals surface area contributed by atoms with E-state index in [0.717, 1.165) is 23.5 Å². The van der Waals surface area contributed by atoms with Gasteiger partial charge < -0.3 is 10.3 Å². The molecule has 0 aliphatic carbocycles. The van der Waals surface area contributed by atoms with E-state index < -0.39 is 0 Å². The molecular weight excluding hydrogens is 224 g/mol. The second-order valence-electron chi connectivity index (χ2n) is 4.98. The number of rotatable bonds is 3. The van der Waals surface area contributed by atoms with Crippen LogP contribution in [0.1, 0.15) is 31.0 Å². The maximum absolute atomic E-state index is 4.72. The van der Waals surface area contributed by atoms with Gasteiger partial charge in [0.25, 0.3) is 0 Å². The van der Waals surface area contributed by atoms with Crippen LogP contribution in [0.15, 0.2) is 24.4 Å². The van der Waals surface area contributed by atoms with E-state index >= 15 is 0 Å². The molecule has 0 aliphatic rings. The Labute approximate surface area is 106 Å². The van der Waals surface area contributed by atoms with E-state index in [1.54, 1.807) is 0 Å². The van der Waals surface area contributed by atoms with Crippen molar-refractivity contribution in [3.05, 3.63) is 35.7 Å². The normalized spacial score (nSPS) is 12.0. The van der Waals surface area contributed by atoms with Crippen molar-refractivity contribution in [1.29, 1.82) is 0 Å². The predicted molar refractivity (Wildman–Crippen MR) is 73.9 cm³/mol. The van der Waals surface area contributed by atoms with Gasteiger partial charge in [-0.15, -0.1) is 0 Å². The Morgan fingerprint density at radius 1 is 1.39 bits per heavy atom. The van der Waals surface area contributed by atoms with Crippen LogP contribution in [-0.4, -0.2) is 21.4 Å². The maximum atomic E-state index is 4.72. The summed E-state index contributed by atoms with van der Waals surface area (Å²) in [4.78, 5) is 8.06. The van der Waals surface area contributed by atoms with Gasteiger partial charge >= 0.3 is 0 Å². The van der Waals surface area contributed by atoms with Gasteiger partial charge in [0.2, 0.25) is 5.78 Å². The number of imidazole rings is 2. The van der Waals surface area contributed by atoms with Gasteiger partial charge in [-0.05, 0) is 24.6 Å². The fourth-order valence-corrected chi connectivity index (χ4v) is 2.44. The van der Waals surface area contributed by atoms with Crippen LogP contribution in [0.25, 0.3) is 16.8 Å². The van der Waals surface area contributed by atoms with Crippen molar-refractivity contribution < 1.29 is 0 Å². The molecule has 0 aliphatic heterocycles. The number of para-hydroxylation sites is 1. The van der Waals surface area contributed by atoms with E-state index in [0.29, 0.717) is 5.92 Å². The first-order valence-corrected chi connectivity index (χ1v) is 6.34. The van der Waals surface area contributed by atoms with Crippen LogP contribution in [0.5, 0.6) is 0 Å². The molecule has 4 nitrogen and oxygen atoms in total. The number of benzene rings is 1. The van der Waals surface area contributed by atoms with Crippen molar-refractivity contribution in [1.82, 2.24) is 19.7 Å². The van der Waals surface area contributed by atoms with Crippen LogP contribution >= 0.6 is 0 Å². The lowest BCUT2D eigenvalue weighted by Gasteiger charge is -2.05. The standard InChI is InChI=1S/C14H18N4/c1-9(2)11-5-4-6-12-13(11)17-14-16-10(7-15-3)8-18(12)14/h4-6,8-9,15H,7H2,1-3H3,(H,16,17). The topological polar surface area (TPSA) is 45.1 Å². The SMILES string of the molecule is CNCc1cn2c(nc3c(C(C)C)cccc32)[nH]1. The number of H-pyrrole nitrogens is 1. The highest BCUT2D eigenvalue weighted by Gasteiger charge is 2.12. The fraction of sp³-hybridized carbons (Fsp3) is 0.357. The summed E-state index contributed by atoms with van der Waals surface area (Å²) in [5, 5.41) is 3.14. The Morgan fingerprint density at radius 2 is 2.22 bits per heavy atom. The van der Waals surface area contributed by atoms with E-state index in [9.17, 15) is 0 Å². The first-order valence-electron chi connectivity index (χ1n) is 6.34. The molecule has 0 saturated carbocycles. The minimum Gasteiger partial charge on any atom is -0.326 e. The Hall–Kier alpha value is -1.81. The van der Waals surface area contributed by atoms with Gasteiger partial charge in [-0.1, -0.05) is 26.0 Å². The van der Waals surface area contributed by atoms with Crippen molar-refractivity contribution in [2.45, 2.75) is 26.3 Å². The van der Waals surface area contributed by atoms with Crippen molar-refractivity contribution >= 4 is 16.8 Å². The summed E-state index contributed by atoms with van der Waals surface area (Å²) in [6, 6.07) is 6.39. The molecule has 2 aromatic heterocycles. The quantitative estimate of drug-likeness (QED) is 0.741. The van der Waals surface area contributed by atoms with E-state index in [4.69, 9.17) is 4.98 Å². The summed E-state index contributed by atoms with van der Waals surface area (Å²) in [5.41, 5.74) is 4.74. The zero-order valence-corrected chi connectivity index (χ0v) is 11.0. The third kappa shape index (κ3) is 1.61. The molecule has 94 valence electrons. The van der Waals surface area contributed by atoms with Crippen LogP contribution in [0.3, 0.4) is 0 Å². The maximum Gasteiger partial charge on any atom is 0.212 e. The first kappa shape index (κ1) is 11.3. The number of aromatic amines is 1. The van der Waals surface area contributed by atoms with E-state index in [-0.39, 0.29) is 0 Å². The molecule has 0 spiro atoms. The van der Waals surface area contributed by atoms with Gasteiger partial charge in [0.15, 0.2) is 0 Å². The fourth-order valence-electron chi connectivity index (χ4n) is 2.44. The minimum atomic E-state index is 0.491. The lowest BCUT2D eigenvalue weighted by Crippen LogP contribution is -2.04. The van der Waals surface area contributed by atoms with Gasteiger partial charge in [0, 0.05) is 18.4 Å². The van der Waals surface area contributed by atoms with Crippen molar-refractivity contribution in [2.24, 2.45) is 0 Å². The molecular formula is C14H18N4. The van der Waals surface area contributed by atoms with Crippen molar-refractivity contribution in [3.63, 3.8) is 0 Å². The molecule has 3 aromatic rings. The number of fused-ring (bicyclic) bond motifs is 3. The van der Waals surface area contributed by atoms with Gasteiger partial charge in [-0.3, -0.25) is 4.40 Å². The Kier molecular flexibility index (Phi) is 2.59. The number of hydrogen-bond donors (Lipinski definition) is 2. The summed E-state index contributed by atoms with van der Waals surface area (Å²) in [6.07, 6.45) is 2.12. The van der Waals surface area contributed by atoms with Crippen LogP contribution in [0.2, 0.25) is 0 Å². The van der Waals surface area contributed by atoms with Gasteiger partial charge in [0.05, 0.1) is 11.0 Å². The minimum absolute atomic E-state index is 0.491. The highest BCUT2D eigenvalue weighted by Crippen LogP contribution is 2.25. The number of aromatic nitrogens is 3. The number of nitrogens with one attached hydrogen (secondary N) is 2. The molecule has 0 amide bonds. The molecule has 0 atom stereocenters. The molecule has 2 N–H and O–H groups in total. The third-order valence-corrected chi connectivity index (χ3v) is 3.30. The lowest BCUT2D eigenvalue weighted by atomic mass is 10.0. The molecule has 0 fully saturated rings. The summed E-state index contributed by atoms with van der Waals surface area (Å²) in [5.74, 6) is 1.41. The predicted octanol–water partition coefficient (Wildman–Crippen LogP) is 2.66. The van der Waals surface area contributed by atoms with E-state index in [2.05, 4.69) is 52.9 Å². The third-order valence-electron chi connectivity index (χ3n) is 3.30. The molecule has 18 heavy (non-hydrogen) atoms. The van der Waals surface area contributed by atoms with Crippen LogP contribution in [-0.2, 0) is 6.54 Å². The monoisotopic (exact) mass is 242 g/mol. The Bertz CT molecular complexity index is 690. The summed E-state index contributed by atoms with van der Waals surface area (Å²) < 4.78 is 2.13. The molecule has 1 aromatic carbocycles. The first-order chi connectivity index (χ1) is 8.70. The zero-order chi connectivity index (χ0) is 12.7. The van der Waals surface area contributed by atoms with Gasteiger partial charge in [-0.2, -0.15) is 0 Å². The molecule has 0 saturated heterocycles. The summed E-state index contributed by atoms with van der Waals surface area (Å²) in [7, 11) is 1.94. The Morgan fingerprint density at radius 3 is 2.94 bits per heavy atom. The summed E-state index contributed by atoms with van der Waals surface area (Å²) in [6.45, 7) is 5.23. The molecule has 4 heteroatoms. The van der Waals surface area contributed by atoms with Crippen LogP contribution in [0.4, 0.5) is 0 Å². The van der Waals surface area contributed by atoms with E-state index in [1.807, 2.05) is 7.05 Å². The average Bonchev–Trinajstić information content (AvgIpc) is 2.85. The highest BCUT2D eigenvalue weighted by molar-refractivity contribution is 5.83. The molecule has 0 bridgehead atoms. The van der Waals surface area contributed by atoms with Crippen LogP contribution < -0.4 is 5.32 Å². The zero-order valence-electron chi connectivity index (χ0n) is 11.0. The lowest BCUT2D eigenvalue weighted by molar-refractivity contribution is 0.797. The average molecular weight is 242 g/mol. The van der Waals surface area contributed by atoms with E-state index in [1.165, 1.54) is 11.1 Å². The number of nitrogens with zero attached hydrogens (tertiary/aromatic N) is 2. The molecule has 0 radical (unpaired) electrons. The second kappa shape index (κ2) is 4.14. The molecule has 2 heterocycles.